The molecule has 0 aliphatic heterocycles. The average molecular weight is 303 g/mol. The van der Waals surface area contributed by atoms with Gasteiger partial charge in [0.15, 0.2) is 0 Å². The molecule has 0 fully saturated rings. The Kier molecular flexibility index (Phi) is 3.50. The highest BCUT2D eigenvalue weighted by Gasteiger charge is 2.36. The van der Waals surface area contributed by atoms with Gasteiger partial charge < -0.3 is 10.4 Å². The van der Waals surface area contributed by atoms with Gasteiger partial charge in [0.2, 0.25) is 5.13 Å². The van der Waals surface area contributed by atoms with Gasteiger partial charge in [-0.1, -0.05) is 45.0 Å². The summed E-state index contributed by atoms with van der Waals surface area (Å²) in [5.74, 6) is 0.841. The Bertz CT molecular complexity index is 647. The number of aryl methyl sites for hydroxylation is 1. The van der Waals surface area contributed by atoms with Crippen molar-refractivity contribution in [1.82, 2.24) is 9.36 Å². The smallest absolute Gasteiger partial charge is 0.202 e. The number of nitrogens with one attached hydrogen (secondary N) is 1. The first-order chi connectivity index (χ1) is 9.88. The minimum absolute atomic E-state index is 0.0483. The molecule has 0 saturated heterocycles. The number of aliphatic hydroxyl groups is 1. The lowest BCUT2D eigenvalue weighted by Gasteiger charge is -2.24. The molecule has 112 valence electrons. The number of rotatable bonds is 3. The Morgan fingerprint density at radius 3 is 2.81 bits per heavy atom. The molecule has 0 amide bonds. The number of aromatic nitrogens is 2. The molecule has 1 heterocycles. The van der Waals surface area contributed by atoms with E-state index in [1.165, 1.54) is 17.1 Å². The van der Waals surface area contributed by atoms with Crippen LogP contribution in [0.4, 0.5) is 5.13 Å². The van der Waals surface area contributed by atoms with Crippen molar-refractivity contribution in [1.29, 1.82) is 0 Å². The molecule has 2 N–H and O–H groups in total. The van der Waals surface area contributed by atoms with Gasteiger partial charge in [0, 0.05) is 16.9 Å². The zero-order chi connectivity index (χ0) is 15.1. The van der Waals surface area contributed by atoms with Gasteiger partial charge in [0.05, 0.1) is 6.54 Å². The predicted octanol–water partition coefficient (Wildman–Crippen LogP) is 3.08. The summed E-state index contributed by atoms with van der Waals surface area (Å²) >= 11 is 1.36. The van der Waals surface area contributed by atoms with Crippen LogP contribution in [0, 0.1) is 0 Å². The van der Waals surface area contributed by atoms with E-state index in [1.807, 2.05) is 18.2 Å². The molecule has 2 aromatic rings. The van der Waals surface area contributed by atoms with E-state index in [0.29, 0.717) is 6.54 Å². The summed E-state index contributed by atoms with van der Waals surface area (Å²) in [5, 5.41) is 14.9. The fourth-order valence-electron chi connectivity index (χ4n) is 2.67. The highest BCUT2D eigenvalue weighted by Crippen LogP contribution is 2.37. The largest absolute Gasteiger partial charge is 0.383 e. The topological polar surface area (TPSA) is 58.0 Å². The molecule has 0 spiro atoms. The first-order valence-corrected chi connectivity index (χ1v) is 8.05. The standard InChI is InChI=1S/C16H21N3OS/c1-15(2,3)13-18-14(21-19-13)17-10-16(20)9-8-11-6-4-5-7-12(11)16/h4-7,20H,8-10H2,1-3H3,(H,17,18,19). The van der Waals surface area contributed by atoms with Gasteiger partial charge in [-0.2, -0.15) is 4.37 Å². The van der Waals surface area contributed by atoms with E-state index in [0.717, 1.165) is 29.4 Å². The minimum atomic E-state index is -0.801. The van der Waals surface area contributed by atoms with Crippen molar-refractivity contribution in [2.45, 2.75) is 44.6 Å². The Labute approximate surface area is 129 Å². The van der Waals surface area contributed by atoms with Gasteiger partial charge in [-0.05, 0) is 24.0 Å². The quantitative estimate of drug-likeness (QED) is 0.915. The summed E-state index contributed by atoms with van der Waals surface area (Å²) < 4.78 is 4.39. The van der Waals surface area contributed by atoms with E-state index >= 15 is 0 Å². The molecule has 1 atom stereocenters. The summed E-state index contributed by atoms with van der Waals surface area (Å²) in [4.78, 5) is 4.51. The van der Waals surface area contributed by atoms with Crippen LogP contribution in [-0.4, -0.2) is 21.0 Å². The van der Waals surface area contributed by atoms with E-state index in [9.17, 15) is 5.11 Å². The molecule has 1 aliphatic carbocycles. The summed E-state index contributed by atoms with van der Waals surface area (Å²) in [6, 6.07) is 8.12. The van der Waals surface area contributed by atoms with E-state index in [2.05, 4.69) is 41.5 Å². The monoisotopic (exact) mass is 303 g/mol. The lowest BCUT2D eigenvalue weighted by atomic mass is 9.96. The Morgan fingerprint density at radius 1 is 1.33 bits per heavy atom. The van der Waals surface area contributed by atoms with E-state index in [-0.39, 0.29) is 5.41 Å². The molecule has 1 unspecified atom stereocenters. The second-order valence-corrected chi connectivity index (χ2v) is 7.47. The Morgan fingerprint density at radius 2 is 2.10 bits per heavy atom. The molecule has 21 heavy (non-hydrogen) atoms. The lowest BCUT2D eigenvalue weighted by molar-refractivity contribution is 0.0527. The van der Waals surface area contributed by atoms with Crippen LogP contribution in [-0.2, 0) is 17.4 Å². The van der Waals surface area contributed by atoms with Crippen molar-refractivity contribution in [2.75, 3.05) is 11.9 Å². The van der Waals surface area contributed by atoms with Gasteiger partial charge in [-0.15, -0.1) is 0 Å². The molecule has 1 aromatic heterocycles. The fourth-order valence-corrected chi connectivity index (χ4v) is 3.43. The first kappa shape index (κ1) is 14.5. The average Bonchev–Trinajstić information content (AvgIpc) is 3.03. The van der Waals surface area contributed by atoms with Crippen LogP contribution in [0.5, 0.6) is 0 Å². The SMILES string of the molecule is CC(C)(C)c1nsc(NCC2(O)CCc3ccccc32)n1. The number of benzene rings is 1. The third kappa shape index (κ3) is 2.80. The molecular weight excluding hydrogens is 282 g/mol. The predicted molar refractivity (Wildman–Crippen MR) is 85.8 cm³/mol. The number of hydrogen-bond donors (Lipinski definition) is 2. The van der Waals surface area contributed by atoms with Gasteiger partial charge in [-0.25, -0.2) is 4.98 Å². The summed E-state index contributed by atoms with van der Waals surface area (Å²) in [7, 11) is 0. The van der Waals surface area contributed by atoms with E-state index < -0.39 is 5.60 Å². The summed E-state index contributed by atoms with van der Waals surface area (Å²) in [5.41, 5.74) is 1.43. The van der Waals surface area contributed by atoms with Crippen LogP contribution in [0.15, 0.2) is 24.3 Å². The van der Waals surface area contributed by atoms with Gasteiger partial charge in [-0.3, -0.25) is 0 Å². The molecule has 4 nitrogen and oxygen atoms in total. The molecule has 1 aliphatic rings. The third-order valence-corrected chi connectivity index (χ3v) is 4.63. The van der Waals surface area contributed by atoms with Gasteiger partial charge >= 0.3 is 0 Å². The van der Waals surface area contributed by atoms with Crippen molar-refractivity contribution in [3.05, 3.63) is 41.2 Å². The van der Waals surface area contributed by atoms with E-state index in [1.54, 1.807) is 0 Å². The first-order valence-electron chi connectivity index (χ1n) is 7.27. The second-order valence-electron chi connectivity index (χ2n) is 6.72. The van der Waals surface area contributed by atoms with Crippen LogP contribution in [0.2, 0.25) is 0 Å². The molecule has 1 aromatic carbocycles. The summed E-state index contributed by atoms with van der Waals surface area (Å²) in [6.45, 7) is 6.77. The fraction of sp³-hybridized carbons (Fsp3) is 0.500. The highest BCUT2D eigenvalue weighted by molar-refractivity contribution is 7.09. The maximum absolute atomic E-state index is 10.9. The van der Waals surface area contributed by atoms with Crippen molar-refractivity contribution in [3.8, 4) is 0 Å². The Balaban J connectivity index is 1.72. The third-order valence-electron chi connectivity index (χ3n) is 3.96. The highest BCUT2D eigenvalue weighted by atomic mass is 32.1. The molecular formula is C16H21N3OS. The molecule has 0 bridgehead atoms. The Hall–Kier alpha value is -1.46. The minimum Gasteiger partial charge on any atom is -0.383 e. The van der Waals surface area contributed by atoms with Gasteiger partial charge in [0.1, 0.15) is 11.4 Å². The molecule has 0 saturated carbocycles. The van der Waals surface area contributed by atoms with Crippen LogP contribution in [0.3, 0.4) is 0 Å². The maximum atomic E-state index is 10.9. The van der Waals surface area contributed by atoms with Crippen molar-refractivity contribution in [3.63, 3.8) is 0 Å². The maximum Gasteiger partial charge on any atom is 0.202 e. The van der Waals surface area contributed by atoms with Crippen LogP contribution < -0.4 is 5.32 Å². The van der Waals surface area contributed by atoms with Gasteiger partial charge in [0.25, 0.3) is 0 Å². The number of anilines is 1. The zero-order valence-electron chi connectivity index (χ0n) is 12.7. The zero-order valence-corrected chi connectivity index (χ0v) is 13.5. The van der Waals surface area contributed by atoms with Crippen LogP contribution >= 0.6 is 11.5 Å². The normalized spacial score (nSPS) is 21.3. The lowest BCUT2D eigenvalue weighted by Crippen LogP contribution is -2.31. The van der Waals surface area contributed by atoms with Crippen LogP contribution in [0.1, 0.15) is 44.1 Å². The van der Waals surface area contributed by atoms with E-state index in [4.69, 9.17) is 0 Å². The number of nitrogens with zero attached hydrogens (tertiary/aromatic N) is 2. The van der Waals surface area contributed by atoms with Crippen molar-refractivity contribution < 1.29 is 5.11 Å². The van der Waals surface area contributed by atoms with Crippen molar-refractivity contribution in [2.24, 2.45) is 0 Å². The van der Waals surface area contributed by atoms with Crippen molar-refractivity contribution >= 4 is 16.7 Å². The number of hydrogen-bond acceptors (Lipinski definition) is 5. The summed E-state index contributed by atoms with van der Waals surface area (Å²) in [6.07, 6.45) is 1.68. The second kappa shape index (κ2) is 5.07. The molecule has 0 radical (unpaired) electrons. The molecule has 3 rings (SSSR count). The number of fused-ring (bicyclic) bond motifs is 1. The molecule has 5 heteroatoms. The van der Waals surface area contributed by atoms with Crippen LogP contribution in [0.25, 0.3) is 0 Å².